The van der Waals surface area contributed by atoms with Crippen LogP contribution in [0.3, 0.4) is 0 Å². The van der Waals surface area contributed by atoms with E-state index in [0.29, 0.717) is 12.5 Å². The van der Waals surface area contributed by atoms with Gasteiger partial charge in [-0.1, -0.05) is 0 Å². The Morgan fingerprint density at radius 3 is 3.06 bits per heavy atom. The molecule has 0 unspecified atom stereocenters. The molecule has 0 atom stereocenters. The van der Waals surface area contributed by atoms with Gasteiger partial charge in [0.2, 0.25) is 5.91 Å². The summed E-state index contributed by atoms with van der Waals surface area (Å²) >= 11 is 3.38. The molecule has 1 aromatic heterocycles. The fourth-order valence-electron chi connectivity index (χ4n) is 2.04. The molecular weight excluding hydrogens is 270 g/mol. The molecule has 3 rings (SSSR count). The van der Waals surface area contributed by atoms with Crippen molar-refractivity contribution in [3.8, 4) is 0 Å². The maximum atomic E-state index is 11.6. The minimum absolute atomic E-state index is 0.0734. The number of amides is 1. The highest BCUT2D eigenvalue weighted by atomic mass is 79.9. The van der Waals surface area contributed by atoms with Crippen molar-refractivity contribution >= 4 is 33.3 Å². The standard InChI is InChI=1S/C11H12BrN3O/c12-7-5-9-11(13-6-7)15(8-1-2-8)4-3-10(16)14-9/h5-6,8H,1-4H2,(H,14,16). The second kappa shape index (κ2) is 3.73. The number of hydrogen-bond acceptors (Lipinski definition) is 3. The zero-order valence-electron chi connectivity index (χ0n) is 8.74. The first kappa shape index (κ1) is 10.1. The van der Waals surface area contributed by atoms with Crippen molar-refractivity contribution < 1.29 is 4.79 Å². The number of rotatable bonds is 1. The van der Waals surface area contributed by atoms with Crippen molar-refractivity contribution in [3.05, 3.63) is 16.7 Å². The van der Waals surface area contributed by atoms with Crippen LogP contribution in [0.2, 0.25) is 0 Å². The van der Waals surface area contributed by atoms with Crippen LogP contribution in [0.15, 0.2) is 16.7 Å². The Kier molecular flexibility index (Phi) is 2.35. The molecule has 0 spiro atoms. The van der Waals surface area contributed by atoms with Gasteiger partial charge in [-0.05, 0) is 34.8 Å². The number of halogens is 1. The summed E-state index contributed by atoms with van der Waals surface area (Å²) in [6.45, 7) is 0.776. The number of aromatic nitrogens is 1. The van der Waals surface area contributed by atoms with Crippen LogP contribution in [0.5, 0.6) is 0 Å². The maximum Gasteiger partial charge on any atom is 0.226 e. The van der Waals surface area contributed by atoms with Crippen LogP contribution in [0.1, 0.15) is 19.3 Å². The Balaban J connectivity index is 2.04. The van der Waals surface area contributed by atoms with Gasteiger partial charge in [0.05, 0.1) is 5.69 Å². The van der Waals surface area contributed by atoms with Gasteiger partial charge in [-0.3, -0.25) is 4.79 Å². The van der Waals surface area contributed by atoms with E-state index in [4.69, 9.17) is 0 Å². The van der Waals surface area contributed by atoms with Crippen LogP contribution >= 0.6 is 15.9 Å². The summed E-state index contributed by atoms with van der Waals surface area (Å²) in [6.07, 6.45) is 4.76. The Bertz CT molecular complexity index is 445. The molecule has 0 bridgehead atoms. The number of carbonyl (C=O) groups is 1. The van der Waals surface area contributed by atoms with Gasteiger partial charge in [-0.15, -0.1) is 0 Å². The highest BCUT2D eigenvalue weighted by molar-refractivity contribution is 9.10. The predicted octanol–water partition coefficient (Wildman–Crippen LogP) is 2.16. The molecule has 1 aliphatic heterocycles. The van der Waals surface area contributed by atoms with Crippen LogP contribution in [-0.4, -0.2) is 23.5 Å². The first-order valence-electron chi connectivity index (χ1n) is 5.46. The van der Waals surface area contributed by atoms with Gasteiger partial charge in [0.25, 0.3) is 0 Å². The van der Waals surface area contributed by atoms with Gasteiger partial charge in [-0.25, -0.2) is 4.98 Å². The monoisotopic (exact) mass is 281 g/mol. The van der Waals surface area contributed by atoms with Gasteiger partial charge in [0.1, 0.15) is 0 Å². The zero-order valence-corrected chi connectivity index (χ0v) is 10.3. The van der Waals surface area contributed by atoms with Crippen molar-refractivity contribution in [2.45, 2.75) is 25.3 Å². The van der Waals surface area contributed by atoms with E-state index in [1.54, 1.807) is 6.20 Å². The lowest BCUT2D eigenvalue weighted by Gasteiger charge is -2.22. The van der Waals surface area contributed by atoms with Gasteiger partial charge >= 0.3 is 0 Å². The fraction of sp³-hybridized carbons (Fsp3) is 0.455. The largest absolute Gasteiger partial charge is 0.351 e. The summed E-state index contributed by atoms with van der Waals surface area (Å²) in [5, 5.41) is 2.90. The summed E-state index contributed by atoms with van der Waals surface area (Å²) in [7, 11) is 0. The van der Waals surface area contributed by atoms with Crippen LogP contribution in [-0.2, 0) is 4.79 Å². The van der Waals surface area contributed by atoms with Gasteiger partial charge in [0, 0.05) is 29.7 Å². The normalized spacial score (nSPS) is 20.1. The molecule has 1 aliphatic carbocycles. The summed E-state index contributed by atoms with van der Waals surface area (Å²) in [6, 6.07) is 2.50. The van der Waals surface area contributed by atoms with Crippen molar-refractivity contribution in [2.75, 3.05) is 16.8 Å². The summed E-state index contributed by atoms with van der Waals surface area (Å²) in [5.41, 5.74) is 0.823. The van der Waals surface area contributed by atoms with E-state index in [2.05, 4.69) is 31.1 Å². The van der Waals surface area contributed by atoms with Crippen molar-refractivity contribution in [3.63, 3.8) is 0 Å². The second-order valence-electron chi connectivity index (χ2n) is 4.25. The molecule has 5 heteroatoms. The molecule has 16 heavy (non-hydrogen) atoms. The molecule has 0 aromatic carbocycles. The van der Waals surface area contributed by atoms with Crippen molar-refractivity contribution in [1.82, 2.24) is 4.98 Å². The molecule has 0 radical (unpaired) electrons. The highest BCUT2D eigenvalue weighted by Gasteiger charge is 2.33. The molecule has 84 valence electrons. The number of pyridine rings is 1. The van der Waals surface area contributed by atoms with Gasteiger partial charge < -0.3 is 10.2 Å². The third-order valence-corrected chi connectivity index (χ3v) is 3.38. The SMILES string of the molecule is O=C1CCN(C2CC2)c2ncc(Br)cc2N1. The number of anilines is 2. The molecular formula is C11H12BrN3O. The molecule has 4 nitrogen and oxygen atoms in total. The molecule has 1 aromatic rings. The molecule has 1 N–H and O–H groups in total. The van der Waals surface area contributed by atoms with E-state index < -0.39 is 0 Å². The molecule has 1 saturated carbocycles. The molecule has 2 heterocycles. The van der Waals surface area contributed by atoms with Crippen LogP contribution < -0.4 is 10.2 Å². The van der Waals surface area contributed by atoms with Crippen LogP contribution in [0.25, 0.3) is 0 Å². The number of carbonyl (C=O) groups excluding carboxylic acids is 1. The minimum Gasteiger partial charge on any atom is -0.351 e. The average molecular weight is 282 g/mol. The average Bonchev–Trinajstić information content (AvgIpc) is 3.03. The van der Waals surface area contributed by atoms with Gasteiger partial charge in [0.15, 0.2) is 5.82 Å². The van der Waals surface area contributed by atoms with Crippen molar-refractivity contribution in [2.24, 2.45) is 0 Å². The van der Waals surface area contributed by atoms with Crippen LogP contribution in [0, 0.1) is 0 Å². The lowest BCUT2D eigenvalue weighted by atomic mass is 10.3. The maximum absolute atomic E-state index is 11.6. The quantitative estimate of drug-likeness (QED) is 0.858. The number of nitrogens with zero attached hydrogens (tertiary/aromatic N) is 2. The molecule has 0 saturated heterocycles. The predicted molar refractivity (Wildman–Crippen MR) is 65.6 cm³/mol. The topological polar surface area (TPSA) is 45.2 Å². The number of nitrogens with one attached hydrogen (secondary N) is 1. The van der Waals surface area contributed by atoms with E-state index >= 15 is 0 Å². The van der Waals surface area contributed by atoms with Crippen molar-refractivity contribution in [1.29, 1.82) is 0 Å². The van der Waals surface area contributed by atoms with E-state index in [-0.39, 0.29) is 5.91 Å². The summed E-state index contributed by atoms with van der Waals surface area (Å²) in [5.74, 6) is 0.987. The molecule has 2 aliphatic rings. The van der Waals surface area contributed by atoms with Crippen LogP contribution in [0.4, 0.5) is 11.5 Å². The summed E-state index contributed by atoms with van der Waals surface area (Å²) in [4.78, 5) is 18.2. The zero-order chi connectivity index (χ0) is 11.1. The Labute approximate surface area is 102 Å². The first-order valence-corrected chi connectivity index (χ1v) is 6.25. The van der Waals surface area contributed by atoms with E-state index in [0.717, 1.165) is 22.5 Å². The number of fused-ring (bicyclic) bond motifs is 1. The minimum atomic E-state index is 0.0734. The third-order valence-electron chi connectivity index (χ3n) is 2.95. The second-order valence-corrected chi connectivity index (χ2v) is 5.16. The fourth-order valence-corrected chi connectivity index (χ4v) is 2.37. The highest BCUT2D eigenvalue weighted by Crippen LogP contribution is 2.36. The van der Waals surface area contributed by atoms with E-state index in [9.17, 15) is 4.79 Å². The first-order chi connectivity index (χ1) is 7.74. The number of hydrogen-bond donors (Lipinski definition) is 1. The van der Waals surface area contributed by atoms with Gasteiger partial charge in [-0.2, -0.15) is 0 Å². The molecule has 1 fully saturated rings. The Hall–Kier alpha value is -1.10. The Morgan fingerprint density at radius 1 is 1.50 bits per heavy atom. The van der Waals surface area contributed by atoms with E-state index in [1.165, 1.54) is 12.8 Å². The van der Waals surface area contributed by atoms with E-state index in [1.807, 2.05) is 6.07 Å². The lowest BCUT2D eigenvalue weighted by molar-refractivity contribution is -0.115. The third kappa shape index (κ3) is 1.80. The summed E-state index contributed by atoms with van der Waals surface area (Å²) < 4.78 is 0.893. The Morgan fingerprint density at radius 2 is 2.31 bits per heavy atom. The molecule has 1 amide bonds. The lowest BCUT2D eigenvalue weighted by Crippen LogP contribution is -2.27. The smallest absolute Gasteiger partial charge is 0.226 e.